The monoisotopic (exact) mass is 261 g/mol. The molecule has 1 aliphatic heterocycles. The van der Waals surface area contributed by atoms with Crippen molar-refractivity contribution >= 4 is 5.91 Å². The maximum Gasteiger partial charge on any atom is 0.223 e. The average molecular weight is 261 g/mol. The number of carbonyl (C=O) groups is 1. The summed E-state index contributed by atoms with van der Waals surface area (Å²) in [5, 5.41) is 3.04. The molecule has 1 heterocycles. The highest BCUT2D eigenvalue weighted by Gasteiger charge is 2.25. The van der Waals surface area contributed by atoms with Gasteiger partial charge in [-0.05, 0) is 31.2 Å². The molecule has 1 amide bonds. The quantitative estimate of drug-likeness (QED) is 0.905. The fraction of sp³-hybridized carbons (Fsp3) is 0.562. The molecule has 0 radical (unpaired) electrons. The van der Waals surface area contributed by atoms with Crippen LogP contribution in [-0.2, 0) is 16.1 Å². The molecule has 0 aliphatic carbocycles. The summed E-state index contributed by atoms with van der Waals surface area (Å²) in [5.74, 6) is 0.702. The first-order valence-electron chi connectivity index (χ1n) is 7.08. The molecule has 0 bridgehead atoms. The molecular formula is C16H23NO2. The summed E-state index contributed by atoms with van der Waals surface area (Å²) in [6, 6.07) is 8.27. The number of hydrogen-bond acceptors (Lipinski definition) is 2. The summed E-state index contributed by atoms with van der Waals surface area (Å²) in [7, 11) is 0. The Morgan fingerprint density at radius 3 is 2.58 bits per heavy atom. The third-order valence-electron chi connectivity index (χ3n) is 3.97. The van der Waals surface area contributed by atoms with Crippen molar-refractivity contribution in [3.8, 4) is 0 Å². The topological polar surface area (TPSA) is 38.3 Å². The Bertz CT molecular complexity index is 407. The van der Waals surface area contributed by atoms with Gasteiger partial charge in [0.05, 0.1) is 0 Å². The molecule has 1 fully saturated rings. The maximum atomic E-state index is 12.1. The molecule has 0 saturated carbocycles. The molecule has 1 aromatic rings. The Morgan fingerprint density at radius 2 is 1.95 bits per heavy atom. The minimum absolute atomic E-state index is 0.0781. The molecule has 1 atom stereocenters. The van der Waals surface area contributed by atoms with E-state index in [9.17, 15) is 4.79 Å². The lowest BCUT2D eigenvalue weighted by atomic mass is 9.87. The van der Waals surface area contributed by atoms with E-state index < -0.39 is 0 Å². The van der Waals surface area contributed by atoms with Gasteiger partial charge in [-0.15, -0.1) is 0 Å². The van der Waals surface area contributed by atoms with Crippen LogP contribution in [0.1, 0.15) is 30.9 Å². The lowest BCUT2D eigenvalue weighted by molar-refractivity contribution is -0.127. The highest BCUT2D eigenvalue weighted by molar-refractivity contribution is 5.78. The second-order valence-corrected chi connectivity index (χ2v) is 5.44. The van der Waals surface area contributed by atoms with Crippen LogP contribution in [0.4, 0.5) is 0 Å². The maximum absolute atomic E-state index is 12.1. The zero-order chi connectivity index (χ0) is 13.7. The van der Waals surface area contributed by atoms with Crippen molar-refractivity contribution in [3.05, 3.63) is 35.4 Å². The van der Waals surface area contributed by atoms with Gasteiger partial charge in [-0.2, -0.15) is 0 Å². The van der Waals surface area contributed by atoms with Crippen LogP contribution in [0.3, 0.4) is 0 Å². The summed E-state index contributed by atoms with van der Waals surface area (Å²) in [4.78, 5) is 12.1. The number of aryl methyl sites for hydroxylation is 1. The molecule has 19 heavy (non-hydrogen) atoms. The minimum Gasteiger partial charge on any atom is -0.381 e. The number of benzene rings is 1. The standard InChI is InChI=1S/C16H23NO2/c1-12-3-5-14(6-4-12)11-17-16(18)13(2)15-7-9-19-10-8-15/h3-6,13,15H,7-11H2,1-2H3,(H,17,18). The van der Waals surface area contributed by atoms with Crippen LogP contribution >= 0.6 is 0 Å². The molecule has 3 nitrogen and oxygen atoms in total. The van der Waals surface area contributed by atoms with Crippen molar-refractivity contribution in [1.29, 1.82) is 0 Å². The van der Waals surface area contributed by atoms with E-state index >= 15 is 0 Å². The summed E-state index contributed by atoms with van der Waals surface area (Å²) in [6.45, 7) is 6.29. The van der Waals surface area contributed by atoms with Gasteiger partial charge in [-0.25, -0.2) is 0 Å². The molecule has 2 rings (SSSR count). The van der Waals surface area contributed by atoms with E-state index in [0.29, 0.717) is 12.5 Å². The zero-order valence-electron chi connectivity index (χ0n) is 11.8. The van der Waals surface area contributed by atoms with Gasteiger partial charge in [0, 0.05) is 25.7 Å². The summed E-state index contributed by atoms with van der Waals surface area (Å²) in [5.41, 5.74) is 2.39. The number of rotatable bonds is 4. The predicted octanol–water partition coefficient (Wildman–Crippen LogP) is 2.67. The van der Waals surface area contributed by atoms with Crippen molar-refractivity contribution in [3.63, 3.8) is 0 Å². The van der Waals surface area contributed by atoms with Gasteiger partial charge in [0.15, 0.2) is 0 Å². The predicted molar refractivity (Wildman–Crippen MR) is 75.7 cm³/mol. The molecule has 1 aliphatic rings. The summed E-state index contributed by atoms with van der Waals surface area (Å²) >= 11 is 0. The number of nitrogens with one attached hydrogen (secondary N) is 1. The first-order valence-corrected chi connectivity index (χ1v) is 7.08. The molecule has 0 spiro atoms. The van der Waals surface area contributed by atoms with E-state index in [0.717, 1.165) is 31.6 Å². The first kappa shape index (κ1) is 14.1. The summed E-state index contributed by atoms with van der Waals surface area (Å²) < 4.78 is 5.34. The third kappa shape index (κ3) is 4.06. The van der Waals surface area contributed by atoms with E-state index in [-0.39, 0.29) is 11.8 Å². The zero-order valence-corrected chi connectivity index (χ0v) is 11.8. The van der Waals surface area contributed by atoms with Crippen LogP contribution in [0.2, 0.25) is 0 Å². The van der Waals surface area contributed by atoms with Crippen molar-refractivity contribution in [1.82, 2.24) is 5.32 Å². The van der Waals surface area contributed by atoms with Crippen LogP contribution in [0.5, 0.6) is 0 Å². The fourth-order valence-corrected chi connectivity index (χ4v) is 2.49. The smallest absolute Gasteiger partial charge is 0.223 e. The molecule has 1 saturated heterocycles. The van der Waals surface area contributed by atoms with Crippen molar-refractivity contribution < 1.29 is 9.53 Å². The van der Waals surface area contributed by atoms with Crippen molar-refractivity contribution in [2.45, 2.75) is 33.2 Å². The molecule has 104 valence electrons. The van der Waals surface area contributed by atoms with Gasteiger partial charge >= 0.3 is 0 Å². The van der Waals surface area contributed by atoms with Crippen LogP contribution in [0.25, 0.3) is 0 Å². The first-order chi connectivity index (χ1) is 9.16. The van der Waals surface area contributed by atoms with Crippen LogP contribution in [0.15, 0.2) is 24.3 Å². The van der Waals surface area contributed by atoms with E-state index in [2.05, 4.69) is 36.5 Å². The van der Waals surface area contributed by atoms with E-state index in [1.165, 1.54) is 5.56 Å². The lowest BCUT2D eigenvalue weighted by Gasteiger charge is -2.26. The van der Waals surface area contributed by atoms with Gasteiger partial charge in [-0.1, -0.05) is 36.8 Å². The number of hydrogen-bond donors (Lipinski definition) is 1. The largest absolute Gasteiger partial charge is 0.381 e. The van der Waals surface area contributed by atoms with Gasteiger partial charge in [-0.3, -0.25) is 4.79 Å². The second-order valence-electron chi connectivity index (χ2n) is 5.44. The molecule has 1 N–H and O–H groups in total. The highest BCUT2D eigenvalue weighted by atomic mass is 16.5. The SMILES string of the molecule is Cc1ccc(CNC(=O)C(C)C2CCOCC2)cc1. The lowest BCUT2D eigenvalue weighted by Crippen LogP contribution is -2.35. The molecular weight excluding hydrogens is 238 g/mol. The van der Waals surface area contributed by atoms with Crippen molar-refractivity contribution in [2.75, 3.05) is 13.2 Å². The van der Waals surface area contributed by atoms with Gasteiger partial charge < -0.3 is 10.1 Å². The van der Waals surface area contributed by atoms with E-state index in [4.69, 9.17) is 4.74 Å². The van der Waals surface area contributed by atoms with Gasteiger partial charge in [0.2, 0.25) is 5.91 Å². The Labute approximate surface area is 115 Å². The number of amides is 1. The van der Waals surface area contributed by atoms with Gasteiger partial charge in [0.25, 0.3) is 0 Å². The molecule has 1 aromatic carbocycles. The molecule has 1 unspecified atom stereocenters. The third-order valence-corrected chi connectivity index (χ3v) is 3.97. The van der Waals surface area contributed by atoms with E-state index in [1.807, 2.05) is 6.92 Å². The number of ether oxygens (including phenoxy) is 1. The Hall–Kier alpha value is -1.35. The minimum atomic E-state index is 0.0781. The van der Waals surface area contributed by atoms with Gasteiger partial charge in [0.1, 0.15) is 0 Å². The Morgan fingerprint density at radius 1 is 1.32 bits per heavy atom. The van der Waals surface area contributed by atoms with Crippen LogP contribution in [0, 0.1) is 18.8 Å². The Balaban J connectivity index is 1.81. The molecule has 0 aromatic heterocycles. The average Bonchev–Trinajstić information content (AvgIpc) is 2.46. The van der Waals surface area contributed by atoms with Crippen molar-refractivity contribution in [2.24, 2.45) is 11.8 Å². The number of carbonyl (C=O) groups excluding carboxylic acids is 1. The Kier molecular flexibility index (Phi) is 4.97. The molecule has 3 heteroatoms. The second kappa shape index (κ2) is 6.71. The normalized spacial score (nSPS) is 18.0. The van der Waals surface area contributed by atoms with Crippen LogP contribution in [-0.4, -0.2) is 19.1 Å². The fourth-order valence-electron chi connectivity index (χ4n) is 2.49. The van der Waals surface area contributed by atoms with E-state index in [1.54, 1.807) is 0 Å². The van der Waals surface area contributed by atoms with Crippen LogP contribution < -0.4 is 5.32 Å². The highest BCUT2D eigenvalue weighted by Crippen LogP contribution is 2.23. The summed E-state index contributed by atoms with van der Waals surface area (Å²) in [6.07, 6.45) is 2.00.